The van der Waals surface area contributed by atoms with Gasteiger partial charge >= 0.3 is 5.97 Å². The third-order valence-electron chi connectivity index (χ3n) is 2.54. The van der Waals surface area contributed by atoms with Gasteiger partial charge in [0, 0.05) is 0 Å². The van der Waals surface area contributed by atoms with E-state index in [-0.39, 0.29) is 24.1 Å². The zero-order chi connectivity index (χ0) is 8.72. The molecule has 0 saturated carbocycles. The van der Waals surface area contributed by atoms with Crippen LogP contribution >= 0.6 is 0 Å². The Kier molecular flexibility index (Phi) is 1.81. The van der Waals surface area contributed by atoms with Crippen molar-refractivity contribution in [1.82, 2.24) is 0 Å². The molecule has 0 aromatic rings. The molecule has 1 unspecified atom stereocenters. The molecule has 0 aromatic carbocycles. The maximum Gasteiger partial charge on any atom is 0.306 e. The van der Waals surface area contributed by atoms with E-state index in [9.17, 15) is 9.90 Å². The van der Waals surface area contributed by atoms with Crippen LogP contribution in [0, 0.1) is 5.92 Å². The zero-order valence-corrected chi connectivity index (χ0v) is 6.90. The molecule has 1 N–H and O–H groups in total. The summed E-state index contributed by atoms with van der Waals surface area (Å²) in [5.41, 5.74) is 0. The van der Waals surface area contributed by atoms with Crippen LogP contribution in [0.3, 0.4) is 0 Å². The van der Waals surface area contributed by atoms with E-state index < -0.39 is 6.29 Å². The van der Waals surface area contributed by atoms with Crippen molar-refractivity contribution in [3.05, 3.63) is 0 Å². The molecule has 2 fully saturated rings. The van der Waals surface area contributed by atoms with Crippen molar-refractivity contribution in [3.8, 4) is 0 Å². The Bertz CT molecular complexity index is 203. The first-order chi connectivity index (χ1) is 5.72. The number of esters is 1. The fourth-order valence-electron chi connectivity index (χ4n) is 1.90. The number of hydrogen-bond acceptors (Lipinski definition) is 4. The van der Waals surface area contributed by atoms with Crippen LogP contribution in [0.2, 0.25) is 0 Å². The minimum Gasteiger partial charge on any atom is -0.459 e. The average molecular weight is 172 g/mol. The normalized spacial score (nSPS) is 46.0. The van der Waals surface area contributed by atoms with E-state index >= 15 is 0 Å². The van der Waals surface area contributed by atoms with E-state index in [0.717, 1.165) is 6.42 Å². The molecule has 4 heteroatoms. The highest BCUT2D eigenvalue weighted by Crippen LogP contribution is 2.37. The molecule has 2 aliphatic heterocycles. The quantitative estimate of drug-likeness (QED) is 0.567. The van der Waals surface area contributed by atoms with Crippen molar-refractivity contribution in [2.24, 2.45) is 5.92 Å². The van der Waals surface area contributed by atoms with Crippen molar-refractivity contribution in [3.63, 3.8) is 0 Å². The van der Waals surface area contributed by atoms with E-state index in [1.807, 2.05) is 6.92 Å². The molecule has 0 radical (unpaired) electrons. The van der Waals surface area contributed by atoms with Crippen LogP contribution in [0.5, 0.6) is 0 Å². The Morgan fingerprint density at radius 2 is 2.42 bits per heavy atom. The summed E-state index contributed by atoms with van der Waals surface area (Å²) in [6.07, 6.45) is -0.0752. The molecule has 12 heavy (non-hydrogen) atoms. The summed E-state index contributed by atoms with van der Waals surface area (Å²) in [6.45, 7) is 1.95. The summed E-state index contributed by atoms with van der Waals surface area (Å²) in [5.74, 6) is -0.353. The number of carbonyl (C=O) groups is 1. The summed E-state index contributed by atoms with van der Waals surface area (Å²) in [5, 5.41) is 9.36. The monoisotopic (exact) mass is 172 g/mol. The van der Waals surface area contributed by atoms with Crippen molar-refractivity contribution < 1.29 is 19.4 Å². The van der Waals surface area contributed by atoms with Gasteiger partial charge in [-0.2, -0.15) is 0 Å². The Hall–Kier alpha value is -0.610. The lowest BCUT2D eigenvalue weighted by Gasteiger charge is -2.13. The smallest absolute Gasteiger partial charge is 0.306 e. The predicted molar refractivity (Wildman–Crippen MR) is 39.2 cm³/mol. The van der Waals surface area contributed by atoms with Gasteiger partial charge in [-0.05, 0) is 6.42 Å². The van der Waals surface area contributed by atoms with Gasteiger partial charge < -0.3 is 14.6 Å². The first-order valence-electron chi connectivity index (χ1n) is 4.25. The highest BCUT2D eigenvalue weighted by molar-refractivity contribution is 5.72. The first-order valence-corrected chi connectivity index (χ1v) is 4.25. The second-order valence-corrected chi connectivity index (χ2v) is 3.30. The van der Waals surface area contributed by atoms with Gasteiger partial charge in [0.15, 0.2) is 6.29 Å². The van der Waals surface area contributed by atoms with Gasteiger partial charge in [0.25, 0.3) is 0 Å². The Morgan fingerprint density at radius 1 is 1.67 bits per heavy atom. The van der Waals surface area contributed by atoms with Gasteiger partial charge in [-0.15, -0.1) is 0 Å². The van der Waals surface area contributed by atoms with Crippen LogP contribution in [0.15, 0.2) is 0 Å². The van der Waals surface area contributed by atoms with Crippen molar-refractivity contribution in [2.75, 3.05) is 0 Å². The molecule has 0 spiro atoms. The highest BCUT2D eigenvalue weighted by atomic mass is 16.7. The van der Waals surface area contributed by atoms with E-state index in [1.165, 1.54) is 0 Å². The predicted octanol–water partition coefficient (Wildman–Crippen LogP) is 0.0453. The molecule has 2 heterocycles. The molecule has 0 amide bonds. The summed E-state index contributed by atoms with van der Waals surface area (Å²) < 4.78 is 10.2. The van der Waals surface area contributed by atoms with E-state index in [4.69, 9.17) is 9.47 Å². The Labute approximate surface area is 70.5 Å². The second kappa shape index (κ2) is 2.71. The van der Waals surface area contributed by atoms with Crippen LogP contribution in [-0.2, 0) is 14.3 Å². The summed E-state index contributed by atoms with van der Waals surface area (Å²) in [4.78, 5) is 10.9. The number of hydrogen-bond donors (Lipinski definition) is 1. The van der Waals surface area contributed by atoms with E-state index in [2.05, 4.69) is 0 Å². The summed E-state index contributed by atoms with van der Waals surface area (Å²) >= 11 is 0. The molecule has 68 valence electrons. The van der Waals surface area contributed by atoms with Crippen molar-refractivity contribution in [1.29, 1.82) is 0 Å². The van der Waals surface area contributed by atoms with Gasteiger partial charge in [-0.3, -0.25) is 4.79 Å². The van der Waals surface area contributed by atoms with Crippen LogP contribution in [0.25, 0.3) is 0 Å². The molecular formula is C8H12O4. The summed E-state index contributed by atoms with van der Waals surface area (Å²) in [7, 11) is 0. The van der Waals surface area contributed by atoms with E-state index in [1.54, 1.807) is 0 Å². The third-order valence-corrected chi connectivity index (χ3v) is 2.54. The lowest BCUT2D eigenvalue weighted by atomic mass is 9.99. The van der Waals surface area contributed by atoms with Crippen LogP contribution in [0.4, 0.5) is 0 Å². The zero-order valence-electron chi connectivity index (χ0n) is 6.90. The number of carbonyl (C=O) groups excluding carboxylic acids is 1. The minimum absolute atomic E-state index is 0.114. The fraction of sp³-hybridized carbons (Fsp3) is 0.875. The number of ether oxygens (including phenoxy) is 2. The highest BCUT2D eigenvalue weighted by Gasteiger charge is 2.50. The van der Waals surface area contributed by atoms with Gasteiger partial charge in [0.05, 0.1) is 18.4 Å². The average Bonchev–Trinajstić information content (AvgIpc) is 2.52. The van der Waals surface area contributed by atoms with Crippen LogP contribution in [0.1, 0.15) is 19.8 Å². The molecule has 0 aromatic heterocycles. The molecule has 0 aliphatic carbocycles. The first kappa shape index (κ1) is 8.01. The second-order valence-electron chi connectivity index (χ2n) is 3.30. The Balaban J connectivity index is 2.13. The number of aliphatic hydroxyl groups is 1. The van der Waals surface area contributed by atoms with Gasteiger partial charge in [-0.1, -0.05) is 6.92 Å². The molecule has 0 bridgehead atoms. The number of fused-ring (bicyclic) bond motifs is 1. The van der Waals surface area contributed by atoms with E-state index in [0.29, 0.717) is 6.42 Å². The summed E-state index contributed by atoms with van der Waals surface area (Å²) in [6, 6.07) is 0. The molecule has 2 aliphatic rings. The molecular weight excluding hydrogens is 160 g/mol. The standard InChI is InChI=1S/C8H12O4/c1-2-5-7-4(8(10)11-5)3-6(9)12-7/h4-5,7-8,10H,2-3H2,1H3/t4-,5+,7+,8?/m0/s1. The topological polar surface area (TPSA) is 55.8 Å². The molecule has 4 atom stereocenters. The Morgan fingerprint density at radius 3 is 3.08 bits per heavy atom. The van der Waals surface area contributed by atoms with Gasteiger partial charge in [-0.25, -0.2) is 0 Å². The van der Waals surface area contributed by atoms with Crippen LogP contribution in [-0.4, -0.2) is 29.6 Å². The minimum atomic E-state index is -0.814. The molecule has 4 nitrogen and oxygen atoms in total. The lowest BCUT2D eigenvalue weighted by Crippen LogP contribution is -2.24. The molecule has 2 saturated heterocycles. The third kappa shape index (κ3) is 1.03. The SMILES string of the molecule is CC[C@H]1OC(O)[C@H]2CC(=O)O[C@H]21. The number of aliphatic hydroxyl groups excluding tert-OH is 1. The van der Waals surface area contributed by atoms with Crippen LogP contribution < -0.4 is 0 Å². The maximum absolute atomic E-state index is 10.9. The van der Waals surface area contributed by atoms with Crippen molar-refractivity contribution in [2.45, 2.75) is 38.3 Å². The van der Waals surface area contributed by atoms with Crippen molar-refractivity contribution >= 4 is 5.97 Å². The molecule has 2 rings (SSSR count). The maximum atomic E-state index is 10.9. The fourth-order valence-corrected chi connectivity index (χ4v) is 1.90. The van der Waals surface area contributed by atoms with Gasteiger partial charge in [0.1, 0.15) is 6.10 Å². The number of rotatable bonds is 1. The largest absolute Gasteiger partial charge is 0.459 e. The van der Waals surface area contributed by atoms with Gasteiger partial charge in [0.2, 0.25) is 0 Å². The lowest BCUT2D eigenvalue weighted by molar-refractivity contribution is -0.151.